The van der Waals surface area contributed by atoms with Gasteiger partial charge < -0.3 is 15.4 Å². The third-order valence-electron chi connectivity index (χ3n) is 3.44. The lowest BCUT2D eigenvalue weighted by molar-refractivity contribution is 0.252. The Morgan fingerprint density at radius 3 is 2.62 bits per heavy atom. The molecule has 0 unspecified atom stereocenters. The van der Waals surface area contributed by atoms with E-state index in [0.29, 0.717) is 11.6 Å². The Morgan fingerprint density at radius 1 is 1.12 bits per heavy atom. The monoisotopic (exact) mass is 346 g/mol. The van der Waals surface area contributed by atoms with Crippen LogP contribution in [0.1, 0.15) is 25.3 Å². The lowest BCUT2D eigenvalue weighted by Gasteiger charge is -2.11. The van der Waals surface area contributed by atoms with Crippen LogP contribution in [0.15, 0.2) is 48.5 Å². The zero-order chi connectivity index (χ0) is 17.2. The van der Waals surface area contributed by atoms with Crippen LogP contribution in [-0.4, -0.2) is 19.2 Å². The van der Waals surface area contributed by atoms with E-state index in [1.807, 2.05) is 18.2 Å². The maximum absolute atomic E-state index is 11.8. The van der Waals surface area contributed by atoms with Crippen molar-refractivity contribution in [2.45, 2.75) is 26.2 Å². The Labute approximate surface area is 148 Å². The van der Waals surface area contributed by atoms with Gasteiger partial charge in [0.15, 0.2) is 0 Å². The third kappa shape index (κ3) is 6.13. The van der Waals surface area contributed by atoms with E-state index in [4.69, 9.17) is 16.3 Å². The molecule has 0 radical (unpaired) electrons. The second-order valence-corrected chi connectivity index (χ2v) is 5.88. The third-order valence-corrected chi connectivity index (χ3v) is 3.70. The summed E-state index contributed by atoms with van der Waals surface area (Å²) in [5.74, 6) is 0.935. The maximum atomic E-state index is 11.8. The van der Waals surface area contributed by atoms with E-state index >= 15 is 0 Å². The van der Waals surface area contributed by atoms with Crippen molar-refractivity contribution in [3.05, 3.63) is 59.1 Å². The summed E-state index contributed by atoms with van der Waals surface area (Å²) in [7, 11) is 0. The highest BCUT2D eigenvalue weighted by atomic mass is 35.5. The normalized spacial score (nSPS) is 10.2. The average Bonchev–Trinajstić information content (AvgIpc) is 2.60. The van der Waals surface area contributed by atoms with Gasteiger partial charge in [0.05, 0.1) is 6.61 Å². The lowest BCUT2D eigenvalue weighted by atomic mass is 10.1. The van der Waals surface area contributed by atoms with Gasteiger partial charge in [-0.2, -0.15) is 0 Å². The van der Waals surface area contributed by atoms with Gasteiger partial charge in [0.2, 0.25) is 0 Å². The van der Waals surface area contributed by atoms with Gasteiger partial charge in [-0.25, -0.2) is 4.79 Å². The van der Waals surface area contributed by atoms with Crippen molar-refractivity contribution in [2.75, 3.05) is 18.5 Å². The highest BCUT2D eigenvalue weighted by molar-refractivity contribution is 6.30. The fraction of sp³-hybridized carbons (Fsp3) is 0.316. The van der Waals surface area contributed by atoms with Crippen molar-refractivity contribution in [2.24, 2.45) is 0 Å². The number of carbonyl (C=O) groups excluding carboxylic acids is 1. The molecule has 0 spiro atoms. The molecule has 2 aromatic carbocycles. The van der Waals surface area contributed by atoms with Gasteiger partial charge in [-0.15, -0.1) is 0 Å². The second kappa shape index (κ2) is 9.83. The topological polar surface area (TPSA) is 50.4 Å². The molecule has 0 fully saturated rings. The van der Waals surface area contributed by atoms with Gasteiger partial charge in [-0.05, 0) is 55.2 Å². The number of halogens is 1. The number of nitrogens with one attached hydrogen (secondary N) is 2. The molecular weight excluding hydrogens is 324 g/mol. The smallest absolute Gasteiger partial charge is 0.319 e. The van der Waals surface area contributed by atoms with Crippen LogP contribution >= 0.6 is 11.6 Å². The van der Waals surface area contributed by atoms with Gasteiger partial charge in [-0.3, -0.25) is 0 Å². The van der Waals surface area contributed by atoms with Crippen molar-refractivity contribution in [3.8, 4) is 5.75 Å². The standard InChI is InChI=1S/C19H23ClN2O2/c1-2-14-24-18-8-4-3-6-15(18)7-5-13-21-19(23)22-17-11-9-16(20)10-12-17/h3-4,6,8-12H,2,5,7,13-14H2,1H3,(H2,21,22,23). The first-order chi connectivity index (χ1) is 11.7. The Balaban J connectivity index is 1.72. The quantitative estimate of drug-likeness (QED) is 0.669. The van der Waals surface area contributed by atoms with E-state index in [1.165, 1.54) is 5.56 Å². The fourth-order valence-electron chi connectivity index (χ4n) is 2.25. The highest BCUT2D eigenvalue weighted by Crippen LogP contribution is 2.19. The van der Waals surface area contributed by atoms with Crippen LogP contribution in [0.25, 0.3) is 0 Å². The SMILES string of the molecule is CCCOc1ccccc1CCCNC(=O)Nc1ccc(Cl)cc1. The molecule has 0 heterocycles. The first-order valence-electron chi connectivity index (χ1n) is 8.20. The summed E-state index contributed by atoms with van der Waals surface area (Å²) < 4.78 is 5.74. The summed E-state index contributed by atoms with van der Waals surface area (Å²) in [5.41, 5.74) is 1.89. The van der Waals surface area contributed by atoms with Crippen molar-refractivity contribution >= 4 is 23.3 Å². The number of para-hydroxylation sites is 1. The van der Waals surface area contributed by atoms with Crippen LogP contribution < -0.4 is 15.4 Å². The predicted molar refractivity (Wildman–Crippen MR) is 99.0 cm³/mol. The number of anilines is 1. The molecule has 0 aliphatic rings. The van der Waals surface area contributed by atoms with Gasteiger partial charge in [0, 0.05) is 17.3 Å². The van der Waals surface area contributed by atoms with Crippen LogP contribution in [0.5, 0.6) is 5.75 Å². The molecule has 0 saturated carbocycles. The van der Waals surface area contributed by atoms with Gasteiger partial charge >= 0.3 is 6.03 Å². The fourth-order valence-corrected chi connectivity index (χ4v) is 2.38. The van der Waals surface area contributed by atoms with Crippen LogP contribution in [0.4, 0.5) is 10.5 Å². The number of rotatable bonds is 8. The molecule has 2 amide bonds. The molecule has 128 valence electrons. The van der Waals surface area contributed by atoms with E-state index < -0.39 is 0 Å². The van der Waals surface area contributed by atoms with Crippen LogP contribution in [0.2, 0.25) is 5.02 Å². The molecule has 2 N–H and O–H groups in total. The molecule has 0 saturated heterocycles. The maximum Gasteiger partial charge on any atom is 0.319 e. The predicted octanol–water partition coefficient (Wildman–Crippen LogP) is 4.88. The van der Waals surface area contributed by atoms with Gasteiger partial charge in [-0.1, -0.05) is 36.7 Å². The summed E-state index contributed by atoms with van der Waals surface area (Å²) in [6.45, 7) is 3.41. The molecule has 0 aliphatic heterocycles. The molecule has 2 rings (SSSR count). The number of hydrogen-bond donors (Lipinski definition) is 2. The Morgan fingerprint density at radius 2 is 1.88 bits per heavy atom. The van der Waals surface area contributed by atoms with Gasteiger partial charge in [0.25, 0.3) is 0 Å². The number of benzene rings is 2. The zero-order valence-electron chi connectivity index (χ0n) is 13.8. The van der Waals surface area contributed by atoms with Crippen molar-refractivity contribution in [1.82, 2.24) is 5.32 Å². The molecule has 2 aromatic rings. The highest BCUT2D eigenvalue weighted by Gasteiger charge is 2.04. The largest absolute Gasteiger partial charge is 0.493 e. The molecule has 0 aromatic heterocycles. The number of aryl methyl sites for hydroxylation is 1. The minimum Gasteiger partial charge on any atom is -0.493 e. The minimum atomic E-state index is -0.215. The molecule has 0 atom stereocenters. The van der Waals surface area contributed by atoms with E-state index in [9.17, 15) is 4.79 Å². The summed E-state index contributed by atoms with van der Waals surface area (Å²) >= 11 is 5.81. The minimum absolute atomic E-state index is 0.215. The molecule has 24 heavy (non-hydrogen) atoms. The molecule has 5 heteroatoms. The summed E-state index contributed by atoms with van der Waals surface area (Å²) in [4.78, 5) is 11.8. The first-order valence-corrected chi connectivity index (χ1v) is 8.58. The van der Waals surface area contributed by atoms with Crippen molar-refractivity contribution in [3.63, 3.8) is 0 Å². The number of hydrogen-bond acceptors (Lipinski definition) is 2. The first kappa shape index (κ1) is 18.1. The van der Waals surface area contributed by atoms with E-state index in [2.05, 4.69) is 23.6 Å². The number of urea groups is 1. The van der Waals surface area contributed by atoms with E-state index in [-0.39, 0.29) is 6.03 Å². The summed E-state index contributed by atoms with van der Waals surface area (Å²) in [6, 6.07) is 14.8. The van der Waals surface area contributed by atoms with Crippen LogP contribution in [0, 0.1) is 0 Å². The number of ether oxygens (including phenoxy) is 1. The van der Waals surface area contributed by atoms with E-state index in [1.54, 1.807) is 24.3 Å². The Kier molecular flexibility index (Phi) is 7.43. The van der Waals surface area contributed by atoms with Crippen LogP contribution in [0.3, 0.4) is 0 Å². The van der Waals surface area contributed by atoms with E-state index in [0.717, 1.165) is 37.3 Å². The van der Waals surface area contributed by atoms with Crippen molar-refractivity contribution < 1.29 is 9.53 Å². The second-order valence-electron chi connectivity index (χ2n) is 5.45. The molecular formula is C19H23ClN2O2. The number of amides is 2. The van der Waals surface area contributed by atoms with Gasteiger partial charge in [0.1, 0.15) is 5.75 Å². The molecule has 4 nitrogen and oxygen atoms in total. The molecule has 0 aliphatic carbocycles. The average molecular weight is 347 g/mol. The summed E-state index contributed by atoms with van der Waals surface area (Å²) in [6.07, 6.45) is 2.70. The van der Waals surface area contributed by atoms with Crippen molar-refractivity contribution in [1.29, 1.82) is 0 Å². The summed E-state index contributed by atoms with van der Waals surface area (Å²) in [5, 5.41) is 6.27. The zero-order valence-corrected chi connectivity index (χ0v) is 14.6. The number of carbonyl (C=O) groups is 1. The lowest BCUT2D eigenvalue weighted by Crippen LogP contribution is -2.29. The Bertz CT molecular complexity index is 644. The Hall–Kier alpha value is -2.20. The van der Waals surface area contributed by atoms with Crippen LogP contribution in [-0.2, 0) is 6.42 Å². The molecule has 0 bridgehead atoms.